The normalized spacial score (nSPS) is 19.4. The first-order chi connectivity index (χ1) is 11.7. The first kappa shape index (κ1) is 14.7. The Balaban J connectivity index is 1.83. The van der Waals surface area contributed by atoms with Gasteiger partial charge in [0.25, 0.3) is 5.91 Å². The predicted octanol–water partition coefficient (Wildman–Crippen LogP) is 3.47. The minimum Gasteiger partial charge on any atom is -0.372 e. The number of hydrogen-bond acceptors (Lipinski definition) is 2. The van der Waals surface area contributed by atoms with E-state index in [9.17, 15) is 9.90 Å². The molecule has 0 bridgehead atoms. The highest BCUT2D eigenvalue weighted by molar-refractivity contribution is 6.08. The van der Waals surface area contributed by atoms with E-state index in [0.29, 0.717) is 17.7 Å². The van der Waals surface area contributed by atoms with Crippen LogP contribution in [0.2, 0.25) is 0 Å². The van der Waals surface area contributed by atoms with E-state index in [2.05, 4.69) is 0 Å². The fourth-order valence-corrected chi connectivity index (χ4v) is 3.32. The van der Waals surface area contributed by atoms with Gasteiger partial charge in [0, 0.05) is 5.56 Å². The Morgan fingerprint density at radius 2 is 1.38 bits per heavy atom. The molecule has 4 rings (SSSR count). The summed E-state index contributed by atoms with van der Waals surface area (Å²) in [5, 5.41) is 11.3. The van der Waals surface area contributed by atoms with E-state index >= 15 is 0 Å². The van der Waals surface area contributed by atoms with E-state index in [-0.39, 0.29) is 5.91 Å². The lowest BCUT2D eigenvalue weighted by Crippen LogP contribution is -2.40. The summed E-state index contributed by atoms with van der Waals surface area (Å²) < 4.78 is 0. The van der Waals surface area contributed by atoms with E-state index in [1.807, 2.05) is 72.8 Å². The number of carbonyl (C=O) groups excluding carboxylic acids is 1. The fourth-order valence-electron chi connectivity index (χ4n) is 3.32. The van der Waals surface area contributed by atoms with E-state index in [1.165, 1.54) is 0 Å². The molecule has 24 heavy (non-hydrogen) atoms. The van der Waals surface area contributed by atoms with E-state index < -0.39 is 5.60 Å². The van der Waals surface area contributed by atoms with Crippen molar-refractivity contribution in [3.05, 3.63) is 102 Å². The van der Waals surface area contributed by atoms with Gasteiger partial charge in [-0.2, -0.15) is 0 Å². The molecule has 3 heteroatoms. The average Bonchev–Trinajstić information content (AvgIpc) is 2.87. The first-order valence-electron chi connectivity index (χ1n) is 7.94. The van der Waals surface area contributed by atoms with Gasteiger partial charge >= 0.3 is 0 Å². The van der Waals surface area contributed by atoms with Crippen LogP contribution in [0.4, 0.5) is 5.69 Å². The van der Waals surface area contributed by atoms with Gasteiger partial charge in [0.05, 0.1) is 12.2 Å². The zero-order chi connectivity index (χ0) is 16.6. The maximum atomic E-state index is 13.2. The molecule has 1 unspecified atom stereocenters. The molecule has 1 N–H and O–H groups in total. The van der Waals surface area contributed by atoms with E-state index in [1.54, 1.807) is 17.0 Å². The van der Waals surface area contributed by atoms with Crippen LogP contribution in [-0.4, -0.2) is 11.0 Å². The molecule has 0 spiro atoms. The van der Waals surface area contributed by atoms with Gasteiger partial charge in [0.1, 0.15) is 0 Å². The Kier molecular flexibility index (Phi) is 3.44. The summed E-state index contributed by atoms with van der Waals surface area (Å²) in [4.78, 5) is 14.8. The third-order valence-electron chi connectivity index (χ3n) is 4.51. The van der Waals surface area contributed by atoms with Crippen LogP contribution in [0.15, 0.2) is 84.9 Å². The molecular formula is C21H17NO2. The third kappa shape index (κ3) is 2.14. The molecule has 0 aromatic heterocycles. The standard InChI is InChI=1S/C21H17NO2/c23-20-21(24,17-11-5-2-6-12-17)18-13-7-8-14-19(18)22(20)15-16-9-3-1-4-10-16/h1-14,24H,15H2. The molecule has 1 heterocycles. The molecule has 1 aliphatic heterocycles. The van der Waals surface area contributed by atoms with Gasteiger partial charge in [0.15, 0.2) is 5.60 Å². The molecule has 118 valence electrons. The molecule has 3 aromatic rings. The minimum absolute atomic E-state index is 0.307. The summed E-state index contributed by atoms with van der Waals surface area (Å²) in [5.41, 5.74) is 1.39. The maximum absolute atomic E-state index is 13.2. The van der Waals surface area contributed by atoms with Crippen LogP contribution in [-0.2, 0) is 16.9 Å². The van der Waals surface area contributed by atoms with Crippen LogP contribution >= 0.6 is 0 Å². The van der Waals surface area contributed by atoms with Crippen LogP contribution in [0.25, 0.3) is 0 Å². The number of anilines is 1. The summed E-state index contributed by atoms with van der Waals surface area (Å²) in [6, 6.07) is 26.4. The Hall–Kier alpha value is -2.91. The maximum Gasteiger partial charge on any atom is 0.268 e. The molecule has 0 fully saturated rings. The summed E-state index contributed by atoms with van der Waals surface area (Å²) in [7, 11) is 0. The summed E-state index contributed by atoms with van der Waals surface area (Å²) in [6.45, 7) is 0.436. The van der Waals surface area contributed by atoms with Crippen molar-refractivity contribution in [1.29, 1.82) is 0 Å². The van der Waals surface area contributed by atoms with Crippen LogP contribution in [0.1, 0.15) is 16.7 Å². The van der Waals surface area contributed by atoms with Gasteiger partial charge in [0.2, 0.25) is 0 Å². The van der Waals surface area contributed by atoms with Crippen molar-refractivity contribution in [1.82, 2.24) is 0 Å². The van der Waals surface area contributed by atoms with Gasteiger partial charge in [-0.1, -0.05) is 78.9 Å². The number of carbonyl (C=O) groups is 1. The molecule has 0 radical (unpaired) electrons. The number of benzene rings is 3. The van der Waals surface area contributed by atoms with Crippen LogP contribution < -0.4 is 4.90 Å². The highest BCUT2D eigenvalue weighted by Gasteiger charge is 2.50. The van der Waals surface area contributed by atoms with Crippen molar-refractivity contribution in [2.24, 2.45) is 0 Å². The average molecular weight is 315 g/mol. The SMILES string of the molecule is O=C1N(Cc2ccccc2)c2ccccc2C1(O)c1ccccc1. The smallest absolute Gasteiger partial charge is 0.268 e. The van der Waals surface area contributed by atoms with Crippen molar-refractivity contribution in [2.75, 3.05) is 4.90 Å². The van der Waals surface area contributed by atoms with Gasteiger partial charge < -0.3 is 10.0 Å². The van der Waals surface area contributed by atoms with Crippen LogP contribution in [0.3, 0.4) is 0 Å². The van der Waals surface area contributed by atoms with Crippen LogP contribution in [0, 0.1) is 0 Å². The lowest BCUT2D eigenvalue weighted by molar-refractivity contribution is -0.132. The molecule has 0 aliphatic carbocycles. The molecule has 1 atom stereocenters. The Morgan fingerprint density at radius 1 is 0.792 bits per heavy atom. The summed E-state index contributed by atoms with van der Waals surface area (Å²) in [6.07, 6.45) is 0. The monoisotopic (exact) mass is 315 g/mol. The second-order valence-electron chi connectivity index (χ2n) is 5.97. The number of rotatable bonds is 3. The Labute approximate surface area is 140 Å². The number of aliphatic hydroxyl groups is 1. The van der Waals surface area contributed by atoms with Gasteiger partial charge in [-0.05, 0) is 17.2 Å². The zero-order valence-electron chi connectivity index (χ0n) is 13.1. The second-order valence-corrected chi connectivity index (χ2v) is 5.97. The van der Waals surface area contributed by atoms with Crippen molar-refractivity contribution in [2.45, 2.75) is 12.1 Å². The van der Waals surface area contributed by atoms with Crippen molar-refractivity contribution >= 4 is 11.6 Å². The lowest BCUT2D eigenvalue weighted by Gasteiger charge is -2.23. The molecule has 1 aliphatic rings. The molecule has 3 aromatic carbocycles. The van der Waals surface area contributed by atoms with Gasteiger partial charge in [-0.15, -0.1) is 0 Å². The van der Waals surface area contributed by atoms with Crippen LogP contribution in [0.5, 0.6) is 0 Å². The lowest BCUT2D eigenvalue weighted by atomic mass is 9.88. The van der Waals surface area contributed by atoms with Crippen molar-refractivity contribution < 1.29 is 9.90 Å². The largest absolute Gasteiger partial charge is 0.372 e. The van der Waals surface area contributed by atoms with E-state index in [0.717, 1.165) is 11.3 Å². The zero-order valence-corrected chi connectivity index (χ0v) is 13.1. The third-order valence-corrected chi connectivity index (χ3v) is 4.51. The van der Waals surface area contributed by atoms with Gasteiger partial charge in [-0.3, -0.25) is 4.79 Å². The van der Waals surface area contributed by atoms with Gasteiger partial charge in [-0.25, -0.2) is 0 Å². The fraction of sp³-hybridized carbons (Fsp3) is 0.0952. The number of hydrogen-bond donors (Lipinski definition) is 1. The first-order valence-corrected chi connectivity index (χ1v) is 7.94. The van der Waals surface area contributed by atoms with Crippen molar-refractivity contribution in [3.63, 3.8) is 0 Å². The number of amides is 1. The number of para-hydroxylation sites is 1. The molecule has 3 nitrogen and oxygen atoms in total. The number of fused-ring (bicyclic) bond motifs is 1. The molecule has 1 amide bonds. The molecule has 0 saturated heterocycles. The minimum atomic E-state index is -1.63. The molecular weight excluding hydrogens is 298 g/mol. The van der Waals surface area contributed by atoms with Crippen molar-refractivity contribution in [3.8, 4) is 0 Å². The topological polar surface area (TPSA) is 40.5 Å². The Bertz CT molecular complexity index is 877. The highest BCUT2D eigenvalue weighted by atomic mass is 16.3. The molecule has 0 saturated carbocycles. The second kappa shape index (κ2) is 5.62. The van der Waals surface area contributed by atoms with E-state index in [4.69, 9.17) is 0 Å². The predicted molar refractivity (Wildman–Crippen MR) is 93.5 cm³/mol. The number of nitrogens with zero attached hydrogens (tertiary/aromatic N) is 1. The highest BCUT2D eigenvalue weighted by Crippen LogP contribution is 2.44. The Morgan fingerprint density at radius 3 is 2.08 bits per heavy atom. The quantitative estimate of drug-likeness (QED) is 0.804. The summed E-state index contributed by atoms with van der Waals surface area (Å²) in [5.74, 6) is -0.307. The summed E-state index contributed by atoms with van der Waals surface area (Å²) >= 11 is 0.